The fraction of sp³-hybridized carbons (Fsp3) is 0.167. The van der Waals surface area contributed by atoms with Crippen molar-refractivity contribution in [3.63, 3.8) is 0 Å². The summed E-state index contributed by atoms with van der Waals surface area (Å²) in [5.74, 6) is -0.628. The minimum atomic E-state index is -0.609. The SMILES string of the molecule is COC(=O)c1cc(OCc2cccc(N(C)C)c2)ccc1NC(=O)c1ccc(Cl)cc1Cl. The molecule has 0 aliphatic heterocycles. The lowest BCUT2D eigenvalue weighted by Gasteiger charge is -2.15. The average Bonchev–Trinajstić information content (AvgIpc) is 2.77. The van der Waals surface area contributed by atoms with E-state index in [0.29, 0.717) is 17.4 Å². The highest BCUT2D eigenvalue weighted by molar-refractivity contribution is 6.37. The third-order valence-electron chi connectivity index (χ3n) is 4.65. The van der Waals surface area contributed by atoms with Crippen LogP contribution >= 0.6 is 23.2 Å². The molecule has 0 bridgehead atoms. The van der Waals surface area contributed by atoms with E-state index in [1.54, 1.807) is 18.2 Å². The topological polar surface area (TPSA) is 67.9 Å². The standard InChI is InChI=1S/C24H22Cl2N2O4/c1-28(2)17-6-4-5-15(11-17)14-32-18-8-10-22(20(13-18)24(30)31-3)27-23(29)19-9-7-16(25)12-21(19)26/h4-13H,14H2,1-3H3,(H,27,29). The molecule has 6 nitrogen and oxygen atoms in total. The maximum absolute atomic E-state index is 12.7. The van der Waals surface area contributed by atoms with E-state index in [0.717, 1.165) is 11.3 Å². The first-order chi connectivity index (χ1) is 15.3. The van der Waals surface area contributed by atoms with E-state index < -0.39 is 11.9 Å². The van der Waals surface area contributed by atoms with Gasteiger partial charge in [0, 0.05) is 24.8 Å². The first kappa shape index (κ1) is 23.4. The number of rotatable bonds is 7. The van der Waals surface area contributed by atoms with Gasteiger partial charge < -0.3 is 19.7 Å². The zero-order chi connectivity index (χ0) is 23.3. The maximum Gasteiger partial charge on any atom is 0.340 e. The van der Waals surface area contributed by atoms with Gasteiger partial charge in [0.15, 0.2) is 0 Å². The second-order valence-electron chi connectivity index (χ2n) is 7.13. The van der Waals surface area contributed by atoms with Gasteiger partial charge in [0.2, 0.25) is 0 Å². The molecule has 3 rings (SSSR count). The minimum Gasteiger partial charge on any atom is -0.489 e. The van der Waals surface area contributed by atoms with Gasteiger partial charge in [-0.2, -0.15) is 0 Å². The van der Waals surface area contributed by atoms with Crippen LogP contribution in [-0.2, 0) is 11.3 Å². The van der Waals surface area contributed by atoms with E-state index in [1.165, 1.54) is 25.3 Å². The van der Waals surface area contributed by atoms with Crippen molar-refractivity contribution in [2.24, 2.45) is 0 Å². The summed E-state index contributed by atoms with van der Waals surface area (Å²) >= 11 is 12.0. The van der Waals surface area contributed by atoms with Crippen molar-refractivity contribution in [1.29, 1.82) is 0 Å². The number of carbonyl (C=O) groups is 2. The molecule has 0 unspecified atom stereocenters. The molecule has 8 heteroatoms. The lowest BCUT2D eigenvalue weighted by Crippen LogP contribution is -2.16. The molecular weight excluding hydrogens is 451 g/mol. The van der Waals surface area contributed by atoms with Gasteiger partial charge in [0.25, 0.3) is 5.91 Å². The zero-order valence-electron chi connectivity index (χ0n) is 17.8. The lowest BCUT2D eigenvalue weighted by atomic mass is 10.1. The van der Waals surface area contributed by atoms with Crippen LogP contribution in [0.3, 0.4) is 0 Å². The Morgan fingerprint density at radius 2 is 1.75 bits per heavy atom. The number of anilines is 2. The van der Waals surface area contributed by atoms with Gasteiger partial charge in [-0.15, -0.1) is 0 Å². The second-order valence-corrected chi connectivity index (χ2v) is 7.97. The molecule has 0 aliphatic carbocycles. The van der Waals surface area contributed by atoms with Gasteiger partial charge in [0.05, 0.1) is 28.9 Å². The minimum absolute atomic E-state index is 0.158. The third-order valence-corrected chi connectivity index (χ3v) is 5.20. The molecule has 0 heterocycles. The van der Waals surface area contributed by atoms with Crippen LogP contribution < -0.4 is 15.0 Å². The number of methoxy groups -OCH3 is 1. The van der Waals surface area contributed by atoms with Crippen LogP contribution in [0.15, 0.2) is 60.7 Å². The van der Waals surface area contributed by atoms with Crippen molar-refractivity contribution >= 4 is 46.5 Å². The summed E-state index contributed by atoms with van der Waals surface area (Å²) in [5.41, 5.74) is 2.69. The van der Waals surface area contributed by atoms with Crippen LogP contribution in [0.2, 0.25) is 10.0 Å². The number of hydrogen-bond acceptors (Lipinski definition) is 5. The quantitative estimate of drug-likeness (QED) is 0.448. The zero-order valence-corrected chi connectivity index (χ0v) is 19.3. The van der Waals surface area contributed by atoms with Crippen LogP contribution in [0.4, 0.5) is 11.4 Å². The van der Waals surface area contributed by atoms with E-state index in [1.807, 2.05) is 43.3 Å². The summed E-state index contributed by atoms with van der Waals surface area (Å²) in [6.07, 6.45) is 0. The number of halogens is 2. The highest BCUT2D eigenvalue weighted by Gasteiger charge is 2.18. The van der Waals surface area contributed by atoms with E-state index in [4.69, 9.17) is 32.7 Å². The summed E-state index contributed by atoms with van der Waals surface area (Å²) in [6.45, 7) is 0.314. The molecule has 0 saturated carbocycles. The van der Waals surface area contributed by atoms with Crippen molar-refractivity contribution in [2.45, 2.75) is 6.61 Å². The summed E-state index contributed by atoms with van der Waals surface area (Å²) in [4.78, 5) is 27.0. The van der Waals surface area contributed by atoms with Crippen LogP contribution in [0.25, 0.3) is 0 Å². The first-order valence-electron chi connectivity index (χ1n) is 9.66. The molecule has 0 atom stereocenters. The van der Waals surface area contributed by atoms with E-state index in [2.05, 4.69) is 5.32 Å². The monoisotopic (exact) mass is 472 g/mol. The van der Waals surface area contributed by atoms with Gasteiger partial charge in [-0.3, -0.25) is 4.79 Å². The molecular formula is C24H22Cl2N2O4. The van der Waals surface area contributed by atoms with Crippen LogP contribution in [0.5, 0.6) is 5.75 Å². The maximum atomic E-state index is 12.7. The summed E-state index contributed by atoms with van der Waals surface area (Å²) in [5, 5.41) is 3.31. The highest BCUT2D eigenvalue weighted by Crippen LogP contribution is 2.27. The Morgan fingerprint density at radius 3 is 2.44 bits per heavy atom. The molecule has 0 fully saturated rings. The molecule has 32 heavy (non-hydrogen) atoms. The molecule has 166 valence electrons. The predicted octanol–water partition coefficient (Wildman–Crippen LogP) is 5.68. The number of esters is 1. The van der Waals surface area contributed by atoms with E-state index in [9.17, 15) is 9.59 Å². The van der Waals surface area contributed by atoms with Crippen LogP contribution in [0.1, 0.15) is 26.3 Å². The molecule has 3 aromatic rings. The summed E-state index contributed by atoms with van der Waals surface area (Å²) in [7, 11) is 5.20. The Morgan fingerprint density at radius 1 is 0.969 bits per heavy atom. The van der Waals surface area contributed by atoms with Gasteiger partial charge in [-0.05, 0) is 54.1 Å². The lowest BCUT2D eigenvalue weighted by molar-refractivity contribution is 0.0601. The summed E-state index contributed by atoms with van der Waals surface area (Å²) < 4.78 is 10.7. The Balaban J connectivity index is 1.80. The molecule has 1 amide bonds. The van der Waals surface area contributed by atoms with E-state index >= 15 is 0 Å². The average molecular weight is 473 g/mol. The largest absolute Gasteiger partial charge is 0.489 e. The van der Waals surface area contributed by atoms with Crippen molar-refractivity contribution in [2.75, 3.05) is 31.4 Å². The number of hydrogen-bond donors (Lipinski definition) is 1. The van der Waals surface area contributed by atoms with Crippen LogP contribution in [-0.4, -0.2) is 33.1 Å². The Bertz CT molecular complexity index is 1150. The smallest absolute Gasteiger partial charge is 0.340 e. The van der Waals surface area contributed by atoms with Gasteiger partial charge >= 0.3 is 5.97 Å². The van der Waals surface area contributed by atoms with Gasteiger partial charge in [-0.25, -0.2) is 4.79 Å². The fourth-order valence-corrected chi connectivity index (χ4v) is 3.45. The second kappa shape index (κ2) is 10.4. The van der Waals surface area contributed by atoms with E-state index in [-0.39, 0.29) is 21.8 Å². The Hall–Kier alpha value is -3.22. The normalized spacial score (nSPS) is 10.4. The number of benzene rings is 3. The molecule has 3 aromatic carbocycles. The molecule has 0 aromatic heterocycles. The molecule has 0 radical (unpaired) electrons. The fourth-order valence-electron chi connectivity index (χ4n) is 2.96. The molecule has 0 saturated heterocycles. The molecule has 0 spiro atoms. The van der Waals surface area contributed by atoms with Crippen molar-refractivity contribution in [3.05, 3.63) is 87.4 Å². The summed E-state index contributed by atoms with van der Waals surface area (Å²) in [6, 6.07) is 17.3. The number of nitrogens with zero attached hydrogens (tertiary/aromatic N) is 1. The number of amides is 1. The van der Waals surface area contributed by atoms with Gasteiger partial charge in [-0.1, -0.05) is 35.3 Å². The molecule has 1 N–H and O–H groups in total. The highest BCUT2D eigenvalue weighted by atomic mass is 35.5. The molecule has 0 aliphatic rings. The predicted molar refractivity (Wildman–Crippen MR) is 127 cm³/mol. The van der Waals surface area contributed by atoms with Crippen molar-refractivity contribution < 1.29 is 19.1 Å². The van der Waals surface area contributed by atoms with Gasteiger partial charge in [0.1, 0.15) is 12.4 Å². The first-order valence-corrected chi connectivity index (χ1v) is 10.4. The van der Waals surface area contributed by atoms with Crippen molar-refractivity contribution in [3.8, 4) is 5.75 Å². The Kier molecular flexibility index (Phi) is 7.62. The third kappa shape index (κ3) is 5.72. The van der Waals surface area contributed by atoms with Crippen LogP contribution in [0, 0.1) is 0 Å². The van der Waals surface area contributed by atoms with Crippen molar-refractivity contribution in [1.82, 2.24) is 0 Å². The Labute approximate surface area is 196 Å². The number of nitrogens with one attached hydrogen (secondary N) is 1. The number of ether oxygens (including phenoxy) is 2. The number of carbonyl (C=O) groups excluding carboxylic acids is 2.